The minimum atomic E-state index is -0.918. The van der Waals surface area contributed by atoms with Crippen LogP contribution in [-0.2, 0) is 33.4 Å². The maximum atomic E-state index is 12.9. The van der Waals surface area contributed by atoms with Crippen LogP contribution in [0.2, 0.25) is 0 Å². The molecule has 3 unspecified atom stereocenters. The van der Waals surface area contributed by atoms with Crippen molar-refractivity contribution < 1.29 is 33.4 Å². The number of ether oxygens (including phenoxy) is 3. The normalized spacial score (nSPS) is 44.8. The van der Waals surface area contributed by atoms with Crippen LogP contribution in [0.5, 0.6) is 0 Å². The molecule has 0 amide bonds. The maximum absolute atomic E-state index is 12.9. The van der Waals surface area contributed by atoms with E-state index in [1.165, 1.54) is 6.08 Å². The molecule has 4 rings (SSSR count). The number of carbonyl (C=O) groups is 4. The number of esters is 2. The third-order valence-corrected chi connectivity index (χ3v) is 6.06. The van der Waals surface area contributed by atoms with Gasteiger partial charge in [0.1, 0.15) is 30.4 Å². The molecule has 0 aromatic heterocycles. The molecular formula is C19H20O7. The Hall–Kier alpha value is -2.28. The van der Waals surface area contributed by atoms with Crippen molar-refractivity contribution in [1.29, 1.82) is 0 Å². The van der Waals surface area contributed by atoms with Gasteiger partial charge < -0.3 is 19.0 Å². The Balaban J connectivity index is 1.65. The first kappa shape index (κ1) is 17.1. The molecule has 0 N–H and O–H groups in total. The lowest BCUT2D eigenvalue weighted by molar-refractivity contribution is -0.145. The van der Waals surface area contributed by atoms with Crippen molar-refractivity contribution in [2.75, 3.05) is 0 Å². The van der Waals surface area contributed by atoms with E-state index < -0.39 is 47.5 Å². The summed E-state index contributed by atoms with van der Waals surface area (Å²) in [6.07, 6.45) is 3.12. The second-order valence-electron chi connectivity index (χ2n) is 7.65. The molecule has 0 radical (unpaired) electrons. The first-order chi connectivity index (χ1) is 12.3. The summed E-state index contributed by atoms with van der Waals surface area (Å²) in [4.78, 5) is 48.0. The summed E-state index contributed by atoms with van der Waals surface area (Å²) in [5.74, 6) is -3.15. The molecule has 3 heterocycles. The topological polar surface area (TPSA) is 99.3 Å². The summed E-state index contributed by atoms with van der Waals surface area (Å²) in [6, 6.07) is 0. The molecule has 138 valence electrons. The highest BCUT2D eigenvalue weighted by Gasteiger charge is 2.62. The van der Waals surface area contributed by atoms with E-state index in [0.717, 1.165) is 0 Å². The Morgan fingerprint density at radius 3 is 2.69 bits per heavy atom. The van der Waals surface area contributed by atoms with E-state index in [2.05, 4.69) is 6.58 Å². The van der Waals surface area contributed by atoms with Crippen LogP contribution < -0.4 is 0 Å². The van der Waals surface area contributed by atoms with E-state index in [9.17, 15) is 19.2 Å². The smallest absolute Gasteiger partial charge is 0.334 e. The largest absolute Gasteiger partial charge is 0.455 e. The van der Waals surface area contributed by atoms with Crippen LogP contribution in [0, 0.1) is 17.8 Å². The van der Waals surface area contributed by atoms with E-state index in [4.69, 9.17) is 14.2 Å². The van der Waals surface area contributed by atoms with Crippen LogP contribution in [0.3, 0.4) is 0 Å². The van der Waals surface area contributed by atoms with Crippen molar-refractivity contribution >= 4 is 24.0 Å². The van der Waals surface area contributed by atoms with Crippen LogP contribution in [0.1, 0.15) is 26.2 Å². The molecule has 7 heteroatoms. The molecule has 3 aliphatic heterocycles. The highest BCUT2D eigenvalue weighted by molar-refractivity contribution is 5.97. The van der Waals surface area contributed by atoms with Gasteiger partial charge in [-0.1, -0.05) is 6.58 Å². The van der Waals surface area contributed by atoms with Crippen LogP contribution >= 0.6 is 0 Å². The second kappa shape index (κ2) is 5.87. The van der Waals surface area contributed by atoms with E-state index in [-0.39, 0.29) is 23.9 Å². The fraction of sp³-hybridized carbons (Fsp3) is 0.579. The maximum Gasteiger partial charge on any atom is 0.334 e. The molecule has 1 aliphatic carbocycles. The van der Waals surface area contributed by atoms with Crippen LogP contribution in [-0.4, -0.2) is 47.9 Å². The van der Waals surface area contributed by atoms with Gasteiger partial charge in [0, 0.05) is 29.9 Å². The lowest BCUT2D eigenvalue weighted by atomic mass is 9.74. The van der Waals surface area contributed by atoms with Crippen LogP contribution in [0.4, 0.5) is 0 Å². The fourth-order valence-corrected chi connectivity index (χ4v) is 4.40. The van der Waals surface area contributed by atoms with Crippen molar-refractivity contribution in [3.05, 3.63) is 24.3 Å². The Labute approximate surface area is 150 Å². The van der Waals surface area contributed by atoms with Crippen molar-refractivity contribution in [2.24, 2.45) is 17.8 Å². The van der Waals surface area contributed by atoms with Gasteiger partial charge in [0.15, 0.2) is 0 Å². The van der Waals surface area contributed by atoms with E-state index >= 15 is 0 Å². The van der Waals surface area contributed by atoms with Crippen molar-refractivity contribution in [3.63, 3.8) is 0 Å². The number of hydrogen-bond acceptors (Lipinski definition) is 7. The SMILES string of the molecule is C=C1C(=O)O[C@@H]2[C@H]3O[C@]3(C)CCC(C3C=CC(=O)O3)C(C=O)C(=O)C[C@@H]12. The summed E-state index contributed by atoms with van der Waals surface area (Å²) in [7, 11) is 0. The molecule has 3 fully saturated rings. The van der Waals surface area contributed by atoms with E-state index in [1.807, 2.05) is 6.92 Å². The minimum absolute atomic E-state index is 0.0184. The highest BCUT2D eigenvalue weighted by atomic mass is 16.6. The molecule has 0 spiro atoms. The van der Waals surface area contributed by atoms with Gasteiger partial charge in [0.05, 0.1) is 11.5 Å². The number of Topliss-reactive ketones (excluding diaryl/α,β-unsaturated/α-hetero) is 1. The number of rotatable bonds is 2. The number of epoxide rings is 1. The molecule has 1 saturated carbocycles. The van der Waals surface area contributed by atoms with Gasteiger partial charge in [-0.2, -0.15) is 0 Å². The monoisotopic (exact) mass is 360 g/mol. The number of cyclic esters (lactones) is 1. The lowest BCUT2D eigenvalue weighted by Crippen LogP contribution is -2.39. The zero-order chi connectivity index (χ0) is 18.6. The van der Waals surface area contributed by atoms with Gasteiger partial charge in [-0.3, -0.25) is 4.79 Å². The highest BCUT2D eigenvalue weighted by Crippen LogP contribution is 2.51. The summed E-state index contributed by atoms with van der Waals surface area (Å²) >= 11 is 0. The number of hydrogen-bond donors (Lipinski definition) is 0. The average Bonchev–Trinajstić information content (AvgIpc) is 2.93. The van der Waals surface area contributed by atoms with Gasteiger partial charge >= 0.3 is 11.9 Å². The molecule has 7 nitrogen and oxygen atoms in total. The zero-order valence-corrected chi connectivity index (χ0v) is 14.4. The molecular weight excluding hydrogens is 340 g/mol. The first-order valence-electron chi connectivity index (χ1n) is 8.78. The van der Waals surface area contributed by atoms with Crippen molar-refractivity contribution in [3.8, 4) is 0 Å². The van der Waals surface area contributed by atoms with Crippen LogP contribution in [0.15, 0.2) is 24.3 Å². The average molecular weight is 360 g/mol. The van der Waals surface area contributed by atoms with Gasteiger partial charge in [0.2, 0.25) is 0 Å². The number of ketones is 1. The van der Waals surface area contributed by atoms with Gasteiger partial charge in [-0.15, -0.1) is 0 Å². The number of carbonyl (C=O) groups excluding carboxylic acids is 4. The van der Waals surface area contributed by atoms with Gasteiger partial charge in [-0.25, -0.2) is 9.59 Å². The Kier molecular flexibility index (Phi) is 3.87. The number of fused-ring (bicyclic) bond motifs is 3. The first-order valence-corrected chi connectivity index (χ1v) is 8.78. The minimum Gasteiger partial charge on any atom is -0.455 e. The summed E-state index contributed by atoms with van der Waals surface area (Å²) in [6.45, 7) is 5.69. The molecule has 0 aromatic rings. The summed E-state index contributed by atoms with van der Waals surface area (Å²) in [5.41, 5.74) is -0.248. The zero-order valence-electron chi connectivity index (χ0n) is 14.4. The van der Waals surface area contributed by atoms with E-state index in [1.54, 1.807) is 6.08 Å². The molecule has 7 atom stereocenters. The molecule has 26 heavy (non-hydrogen) atoms. The molecule has 0 aromatic carbocycles. The second-order valence-corrected chi connectivity index (χ2v) is 7.65. The standard InChI is InChI=1S/C19H20O7/c1-9-11-7-13(21)12(8-20)10(14-3-4-15(22)24-14)5-6-19(2)17(26-19)16(11)25-18(9)23/h3-4,8,10-12,14,16-17H,1,5-7H2,2H3/t10?,11-,12?,14?,16-,17+,19+/m0/s1. The van der Waals surface area contributed by atoms with Crippen LogP contribution in [0.25, 0.3) is 0 Å². The molecule has 2 saturated heterocycles. The fourth-order valence-electron chi connectivity index (χ4n) is 4.40. The third kappa shape index (κ3) is 2.61. The predicted molar refractivity (Wildman–Crippen MR) is 86.7 cm³/mol. The number of aldehydes is 1. The Morgan fingerprint density at radius 2 is 2.04 bits per heavy atom. The summed E-state index contributed by atoms with van der Waals surface area (Å²) in [5, 5.41) is 0. The predicted octanol–water partition coefficient (Wildman–Crippen LogP) is 0.908. The molecule has 4 aliphatic rings. The van der Waals surface area contributed by atoms with Crippen molar-refractivity contribution in [2.45, 2.75) is 50.1 Å². The van der Waals surface area contributed by atoms with Crippen molar-refractivity contribution in [1.82, 2.24) is 0 Å². The quantitative estimate of drug-likeness (QED) is 0.237. The molecule has 0 bridgehead atoms. The lowest BCUT2D eigenvalue weighted by Gasteiger charge is -2.29. The van der Waals surface area contributed by atoms with E-state index in [0.29, 0.717) is 19.1 Å². The summed E-state index contributed by atoms with van der Waals surface area (Å²) < 4.78 is 16.5. The van der Waals surface area contributed by atoms with Gasteiger partial charge in [0.25, 0.3) is 0 Å². The van der Waals surface area contributed by atoms with Gasteiger partial charge in [-0.05, 0) is 25.8 Å². The Bertz CT molecular complexity index is 738. The Morgan fingerprint density at radius 1 is 1.27 bits per heavy atom. The third-order valence-electron chi connectivity index (χ3n) is 6.06.